The highest BCUT2D eigenvalue weighted by molar-refractivity contribution is 5.80. The second-order valence-electron chi connectivity index (χ2n) is 6.44. The van der Waals surface area contributed by atoms with Crippen molar-refractivity contribution in [1.82, 2.24) is 9.47 Å². The van der Waals surface area contributed by atoms with E-state index < -0.39 is 0 Å². The smallest absolute Gasteiger partial charge is 0.224 e. The minimum absolute atomic E-state index is 0.249. The predicted molar refractivity (Wildman–Crippen MR) is 98.3 cm³/mol. The van der Waals surface area contributed by atoms with Crippen LogP contribution in [0.2, 0.25) is 0 Å². The van der Waals surface area contributed by atoms with Crippen LogP contribution in [0, 0.1) is 0 Å². The molecule has 1 saturated heterocycles. The van der Waals surface area contributed by atoms with Crippen LogP contribution in [0.15, 0.2) is 61.1 Å². The third-order valence-electron chi connectivity index (χ3n) is 4.94. The zero-order valence-corrected chi connectivity index (χ0v) is 14.3. The van der Waals surface area contributed by atoms with Crippen LogP contribution in [0.4, 0.5) is 5.69 Å². The lowest BCUT2D eigenvalue weighted by Crippen LogP contribution is -2.49. The van der Waals surface area contributed by atoms with Gasteiger partial charge in [-0.3, -0.25) is 4.79 Å². The molecular weight excluding hydrogens is 312 g/mol. The summed E-state index contributed by atoms with van der Waals surface area (Å²) in [5.74, 6) is 0.249. The second kappa shape index (κ2) is 6.97. The molecule has 0 saturated carbocycles. The quantitative estimate of drug-likeness (QED) is 0.733. The fraction of sp³-hybridized carbons (Fsp3) is 0.300. The molecule has 0 aliphatic carbocycles. The molecule has 128 valence electrons. The zero-order valence-electron chi connectivity index (χ0n) is 14.3. The summed E-state index contributed by atoms with van der Waals surface area (Å²) >= 11 is 0. The molecule has 3 heterocycles. The van der Waals surface area contributed by atoms with Gasteiger partial charge in [0.15, 0.2) is 12.4 Å². The molecule has 5 nitrogen and oxygen atoms in total. The Kier molecular flexibility index (Phi) is 4.37. The normalized spacial score (nSPS) is 14.9. The van der Waals surface area contributed by atoms with Gasteiger partial charge in [0, 0.05) is 68.7 Å². The molecule has 0 radical (unpaired) electrons. The minimum Gasteiger partial charge on any atom is -0.368 e. The number of carbonyl (C=O) groups is 1. The highest BCUT2D eigenvalue weighted by Gasteiger charge is 2.21. The Morgan fingerprint density at radius 1 is 0.960 bits per heavy atom. The summed E-state index contributed by atoms with van der Waals surface area (Å²) in [6.07, 6.45) is 6.50. The average Bonchev–Trinajstić information content (AvgIpc) is 3.10. The van der Waals surface area contributed by atoms with Gasteiger partial charge < -0.3 is 14.4 Å². The van der Waals surface area contributed by atoms with Gasteiger partial charge in [-0.2, -0.15) is 0 Å². The number of aryl methyl sites for hydroxylation is 1. The van der Waals surface area contributed by atoms with Crippen LogP contribution in [0.25, 0.3) is 10.9 Å². The first-order valence-corrected chi connectivity index (χ1v) is 8.84. The molecule has 0 atom stereocenters. The number of aromatic amines is 1. The summed E-state index contributed by atoms with van der Waals surface area (Å²) in [5.41, 5.74) is 2.41. The van der Waals surface area contributed by atoms with E-state index in [1.807, 2.05) is 29.4 Å². The highest BCUT2D eigenvalue weighted by Crippen LogP contribution is 2.17. The summed E-state index contributed by atoms with van der Waals surface area (Å²) in [6.45, 7) is 4.11. The van der Waals surface area contributed by atoms with Gasteiger partial charge in [-0.25, -0.2) is 4.98 Å². The number of fused-ring (bicyclic) bond motifs is 1. The van der Waals surface area contributed by atoms with Gasteiger partial charge in [-0.15, -0.1) is 0 Å². The van der Waals surface area contributed by atoms with Crippen molar-refractivity contribution < 1.29 is 9.78 Å². The van der Waals surface area contributed by atoms with E-state index in [1.54, 1.807) is 0 Å². The molecule has 4 rings (SSSR count). The number of rotatable bonds is 4. The first-order valence-electron chi connectivity index (χ1n) is 8.84. The van der Waals surface area contributed by atoms with Crippen molar-refractivity contribution in [2.45, 2.75) is 13.0 Å². The van der Waals surface area contributed by atoms with Crippen LogP contribution < -0.4 is 9.88 Å². The van der Waals surface area contributed by atoms with Crippen LogP contribution >= 0.6 is 0 Å². The molecule has 1 aromatic carbocycles. The Balaban J connectivity index is 1.32. The minimum atomic E-state index is 0.249. The van der Waals surface area contributed by atoms with E-state index in [4.69, 9.17) is 0 Å². The van der Waals surface area contributed by atoms with Gasteiger partial charge in [-0.1, -0.05) is 18.2 Å². The van der Waals surface area contributed by atoms with Crippen LogP contribution in [0.5, 0.6) is 0 Å². The SMILES string of the molecule is O=C(CCn1ccc2ccccc21)N1CCN(c2cc[nH+]cc2)CC1. The topological polar surface area (TPSA) is 42.6 Å². The van der Waals surface area contributed by atoms with E-state index in [0.29, 0.717) is 6.42 Å². The molecule has 0 unspecified atom stereocenters. The average molecular weight is 335 g/mol. The maximum atomic E-state index is 12.6. The molecule has 3 aromatic rings. The standard InChI is InChI=1S/C20H22N4O/c25-20(8-12-23-11-7-17-3-1-2-4-19(17)23)24-15-13-22(14-16-24)18-5-9-21-10-6-18/h1-7,9-11H,8,12-16H2/p+1. The van der Waals surface area contributed by atoms with Crippen molar-refractivity contribution in [3.63, 3.8) is 0 Å². The van der Waals surface area contributed by atoms with Crippen molar-refractivity contribution in [2.24, 2.45) is 0 Å². The Bertz CT molecular complexity index is 850. The third kappa shape index (κ3) is 3.36. The Morgan fingerprint density at radius 3 is 2.52 bits per heavy atom. The number of nitrogens with zero attached hydrogens (tertiary/aromatic N) is 3. The van der Waals surface area contributed by atoms with Crippen molar-refractivity contribution in [3.8, 4) is 0 Å². The first-order chi connectivity index (χ1) is 12.3. The maximum Gasteiger partial charge on any atom is 0.224 e. The number of anilines is 1. The van der Waals surface area contributed by atoms with E-state index >= 15 is 0 Å². The number of aromatic nitrogens is 2. The fourth-order valence-electron chi connectivity index (χ4n) is 3.51. The molecule has 5 heteroatoms. The fourth-order valence-corrected chi connectivity index (χ4v) is 3.51. The van der Waals surface area contributed by atoms with Gasteiger partial charge in [0.1, 0.15) is 0 Å². The highest BCUT2D eigenvalue weighted by atomic mass is 16.2. The van der Waals surface area contributed by atoms with E-state index in [9.17, 15) is 4.79 Å². The van der Waals surface area contributed by atoms with E-state index in [-0.39, 0.29) is 5.91 Å². The Labute approximate surface area is 147 Å². The van der Waals surface area contributed by atoms with Gasteiger partial charge in [0.2, 0.25) is 5.91 Å². The summed E-state index contributed by atoms with van der Waals surface area (Å²) in [7, 11) is 0. The second-order valence-corrected chi connectivity index (χ2v) is 6.44. The van der Waals surface area contributed by atoms with E-state index in [1.165, 1.54) is 16.6 Å². The Morgan fingerprint density at radius 2 is 1.72 bits per heavy atom. The van der Waals surface area contributed by atoms with Crippen LogP contribution in [-0.2, 0) is 11.3 Å². The Hall–Kier alpha value is -2.82. The van der Waals surface area contributed by atoms with E-state index in [2.05, 4.69) is 51.0 Å². The number of benzene rings is 1. The number of H-pyrrole nitrogens is 1. The number of nitrogens with one attached hydrogen (secondary N) is 1. The van der Waals surface area contributed by atoms with Gasteiger partial charge in [0.05, 0.1) is 0 Å². The molecule has 1 amide bonds. The summed E-state index contributed by atoms with van der Waals surface area (Å²) in [6, 6.07) is 14.6. The largest absolute Gasteiger partial charge is 0.368 e. The number of para-hydroxylation sites is 1. The molecule has 0 spiro atoms. The molecular formula is C20H23N4O+. The third-order valence-corrected chi connectivity index (χ3v) is 4.94. The van der Waals surface area contributed by atoms with Crippen molar-refractivity contribution in [1.29, 1.82) is 0 Å². The van der Waals surface area contributed by atoms with Crippen molar-refractivity contribution in [3.05, 3.63) is 61.1 Å². The lowest BCUT2D eigenvalue weighted by Gasteiger charge is -2.35. The maximum absolute atomic E-state index is 12.6. The van der Waals surface area contributed by atoms with Gasteiger partial charge >= 0.3 is 0 Å². The van der Waals surface area contributed by atoms with Crippen LogP contribution in [0.3, 0.4) is 0 Å². The van der Waals surface area contributed by atoms with Gasteiger partial charge in [0.25, 0.3) is 0 Å². The first kappa shape index (κ1) is 15.7. The summed E-state index contributed by atoms with van der Waals surface area (Å²) < 4.78 is 2.17. The van der Waals surface area contributed by atoms with Crippen molar-refractivity contribution >= 4 is 22.5 Å². The number of hydrogen-bond acceptors (Lipinski definition) is 2. The molecule has 1 aliphatic rings. The molecule has 0 bridgehead atoms. The van der Waals surface area contributed by atoms with E-state index in [0.717, 1.165) is 32.7 Å². The predicted octanol–water partition coefficient (Wildman–Crippen LogP) is 2.19. The monoisotopic (exact) mass is 335 g/mol. The van der Waals surface area contributed by atoms with Crippen LogP contribution in [-0.4, -0.2) is 41.6 Å². The number of piperazine rings is 1. The number of amides is 1. The zero-order chi connectivity index (χ0) is 17.1. The van der Waals surface area contributed by atoms with Gasteiger partial charge in [-0.05, 0) is 17.5 Å². The molecule has 1 fully saturated rings. The summed E-state index contributed by atoms with van der Waals surface area (Å²) in [4.78, 5) is 19.9. The lowest BCUT2D eigenvalue weighted by atomic mass is 10.2. The number of hydrogen-bond donors (Lipinski definition) is 0. The molecule has 25 heavy (non-hydrogen) atoms. The summed E-state index contributed by atoms with van der Waals surface area (Å²) in [5, 5.41) is 1.23. The number of pyridine rings is 1. The van der Waals surface area contributed by atoms with Crippen LogP contribution in [0.1, 0.15) is 6.42 Å². The van der Waals surface area contributed by atoms with Crippen molar-refractivity contribution in [2.75, 3.05) is 31.1 Å². The lowest BCUT2D eigenvalue weighted by molar-refractivity contribution is -0.377. The number of carbonyl (C=O) groups excluding carboxylic acids is 1. The molecule has 1 N–H and O–H groups in total. The molecule has 1 aliphatic heterocycles. The molecule has 2 aromatic heterocycles.